The van der Waals surface area contributed by atoms with E-state index in [9.17, 15) is 9.59 Å². The monoisotopic (exact) mass is 394 g/mol. The van der Waals surface area contributed by atoms with E-state index in [1.54, 1.807) is 17.0 Å². The number of para-hydroxylation sites is 2. The first-order chi connectivity index (χ1) is 13.5. The Morgan fingerprint density at radius 2 is 1.79 bits per heavy atom. The lowest BCUT2D eigenvalue weighted by atomic mass is 10.1. The molecule has 2 heterocycles. The Balaban J connectivity index is 1.74. The van der Waals surface area contributed by atoms with Crippen LogP contribution in [0.25, 0.3) is 5.69 Å². The van der Waals surface area contributed by atoms with Crippen molar-refractivity contribution in [3.63, 3.8) is 0 Å². The molecule has 6 nitrogen and oxygen atoms in total. The zero-order valence-electron chi connectivity index (χ0n) is 15.6. The number of hydrogen-bond acceptors (Lipinski definition) is 4. The van der Waals surface area contributed by atoms with Crippen LogP contribution in [0.5, 0.6) is 0 Å². The lowest BCUT2D eigenvalue weighted by Crippen LogP contribution is -2.43. The van der Waals surface area contributed by atoms with Gasteiger partial charge in [0.15, 0.2) is 0 Å². The Bertz CT molecular complexity index is 1130. The van der Waals surface area contributed by atoms with Crippen molar-refractivity contribution in [1.29, 1.82) is 0 Å². The third kappa shape index (κ3) is 3.16. The molecule has 0 fully saturated rings. The number of benzene rings is 2. The van der Waals surface area contributed by atoms with Crippen LogP contribution >= 0.6 is 11.6 Å². The van der Waals surface area contributed by atoms with Gasteiger partial charge in [-0.25, -0.2) is 0 Å². The van der Waals surface area contributed by atoms with Gasteiger partial charge in [0.1, 0.15) is 5.69 Å². The highest BCUT2D eigenvalue weighted by Crippen LogP contribution is 2.32. The Morgan fingerprint density at radius 1 is 1.04 bits per heavy atom. The number of carbonyl (C=O) groups excluding carboxylic acids is 1. The molecule has 0 N–H and O–H groups in total. The standard InChI is InChI=1S/C21H19ClN4O2/c1-14-7-8-15(13-16(14)22)26-20(27)10-9-17(23-26)21(28)25-12-11-24(2)18-5-3-4-6-19(18)25/h3-10,13H,11-12H2,1-2H3. The maximum Gasteiger partial charge on any atom is 0.278 e. The summed E-state index contributed by atoms with van der Waals surface area (Å²) in [6, 6.07) is 15.8. The Kier molecular flexibility index (Phi) is 4.65. The average molecular weight is 395 g/mol. The van der Waals surface area contributed by atoms with E-state index >= 15 is 0 Å². The third-order valence-electron chi connectivity index (χ3n) is 4.91. The van der Waals surface area contributed by atoms with Crippen molar-refractivity contribution in [3.05, 3.63) is 81.2 Å². The second-order valence-electron chi connectivity index (χ2n) is 6.77. The predicted molar refractivity (Wildman–Crippen MR) is 111 cm³/mol. The van der Waals surface area contributed by atoms with E-state index in [0.29, 0.717) is 17.3 Å². The minimum Gasteiger partial charge on any atom is -0.371 e. The summed E-state index contributed by atoms with van der Waals surface area (Å²) in [5.41, 5.74) is 3.12. The minimum absolute atomic E-state index is 0.204. The van der Waals surface area contributed by atoms with Crippen molar-refractivity contribution in [2.45, 2.75) is 6.92 Å². The molecule has 2 aromatic carbocycles. The summed E-state index contributed by atoms with van der Waals surface area (Å²) < 4.78 is 1.21. The maximum atomic E-state index is 13.2. The van der Waals surface area contributed by atoms with Crippen molar-refractivity contribution in [3.8, 4) is 5.69 Å². The molecule has 7 heteroatoms. The first-order valence-electron chi connectivity index (χ1n) is 8.94. The van der Waals surface area contributed by atoms with Crippen LogP contribution in [-0.2, 0) is 0 Å². The zero-order chi connectivity index (χ0) is 19.8. The largest absolute Gasteiger partial charge is 0.371 e. The highest BCUT2D eigenvalue weighted by molar-refractivity contribution is 6.31. The minimum atomic E-state index is -0.324. The van der Waals surface area contributed by atoms with Crippen LogP contribution in [0.15, 0.2) is 59.4 Å². The predicted octanol–water partition coefficient (Wildman–Crippen LogP) is 3.29. The van der Waals surface area contributed by atoms with E-state index in [1.165, 1.54) is 16.8 Å². The maximum absolute atomic E-state index is 13.2. The molecule has 0 saturated heterocycles. The molecule has 0 spiro atoms. The molecule has 0 aliphatic carbocycles. The fourth-order valence-electron chi connectivity index (χ4n) is 3.28. The topological polar surface area (TPSA) is 58.4 Å². The summed E-state index contributed by atoms with van der Waals surface area (Å²) in [5, 5.41) is 4.86. The third-order valence-corrected chi connectivity index (χ3v) is 5.31. The fraction of sp³-hybridized carbons (Fsp3) is 0.190. The number of amides is 1. The molecular formula is C21H19ClN4O2. The second-order valence-corrected chi connectivity index (χ2v) is 7.18. The highest BCUT2D eigenvalue weighted by Gasteiger charge is 2.27. The number of aryl methyl sites for hydroxylation is 1. The summed E-state index contributed by atoms with van der Waals surface area (Å²) in [4.78, 5) is 29.3. The average Bonchev–Trinajstić information content (AvgIpc) is 2.70. The number of carbonyl (C=O) groups is 1. The smallest absolute Gasteiger partial charge is 0.278 e. The molecule has 1 amide bonds. The summed E-state index contributed by atoms with van der Waals surface area (Å²) in [6.45, 7) is 3.15. The lowest BCUT2D eigenvalue weighted by molar-refractivity contribution is 0.0980. The van der Waals surface area contributed by atoms with Gasteiger partial charge >= 0.3 is 0 Å². The van der Waals surface area contributed by atoms with Gasteiger partial charge in [0.25, 0.3) is 11.5 Å². The van der Waals surface area contributed by atoms with Crippen LogP contribution in [0.4, 0.5) is 11.4 Å². The van der Waals surface area contributed by atoms with Crippen molar-refractivity contribution >= 4 is 28.9 Å². The van der Waals surface area contributed by atoms with Crippen LogP contribution in [-0.4, -0.2) is 35.8 Å². The van der Waals surface area contributed by atoms with Crippen LogP contribution < -0.4 is 15.4 Å². The molecule has 0 unspecified atom stereocenters. The number of anilines is 2. The number of likely N-dealkylation sites (N-methyl/N-ethyl adjacent to an activating group) is 1. The van der Waals surface area contributed by atoms with E-state index in [4.69, 9.17) is 11.6 Å². The Hall–Kier alpha value is -3.12. The van der Waals surface area contributed by atoms with E-state index < -0.39 is 0 Å². The molecule has 142 valence electrons. The van der Waals surface area contributed by atoms with E-state index in [-0.39, 0.29) is 17.2 Å². The normalized spacial score (nSPS) is 13.4. The summed E-state index contributed by atoms with van der Waals surface area (Å²) in [5.74, 6) is -0.243. The molecule has 0 bridgehead atoms. The molecule has 0 saturated carbocycles. The van der Waals surface area contributed by atoms with Crippen LogP contribution in [0, 0.1) is 6.92 Å². The van der Waals surface area contributed by atoms with Gasteiger partial charge in [-0.15, -0.1) is 0 Å². The molecule has 1 aliphatic rings. The number of nitrogens with zero attached hydrogens (tertiary/aromatic N) is 4. The first-order valence-corrected chi connectivity index (χ1v) is 9.32. The molecule has 4 rings (SSSR count). The van der Waals surface area contributed by atoms with Crippen molar-refractivity contribution in [2.75, 3.05) is 29.9 Å². The van der Waals surface area contributed by atoms with Gasteiger partial charge in [0.05, 0.1) is 17.1 Å². The van der Waals surface area contributed by atoms with E-state index in [2.05, 4.69) is 10.00 Å². The van der Waals surface area contributed by atoms with Gasteiger partial charge in [-0.1, -0.05) is 29.8 Å². The van der Waals surface area contributed by atoms with Crippen molar-refractivity contribution in [2.24, 2.45) is 0 Å². The number of halogens is 1. The SMILES string of the molecule is Cc1ccc(-n2nc(C(=O)N3CCN(C)c4ccccc43)ccc2=O)cc1Cl. The van der Waals surface area contributed by atoms with Crippen LogP contribution in [0.2, 0.25) is 5.02 Å². The van der Waals surface area contributed by atoms with Gasteiger partial charge in [-0.2, -0.15) is 9.78 Å². The fourth-order valence-corrected chi connectivity index (χ4v) is 3.45. The molecule has 3 aromatic rings. The van der Waals surface area contributed by atoms with Crippen LogP contribution in [0.3, 0.4) is 0 Å². The Morgan fingerprint density at radius 3 is 2.54 bits per heavy atom. The van der Waals surface area contributed by atoms with Gasteiger partial charge in [-0.05, 0) is 42.8 Å². The first kappa shape index (κ1) is 18.3. The number of fused-ring (bicyclic) bond motifs is 1. The van der Waals surface area contributed by atoms with Crippen molar-refractivity contribution < 1.29 is 4.79 Å². The number of rotatable bonds is 2. The molecule has 0 radical (unpaired) electrons. The van der Waals surface area contributed by atoms with Crippen LogP contribution in [0.1, 0.15) is 16.1 Å². The molecule has 0 atom stereocenters. The highest BCUT2D eigenvalue weighted by atomic mass is 35.5. The second kappa shape index (κ2) is 7.13. The molecule has 28 heavy (non-hydrogen) atoms. The summed E-state index contributed by atoms with van der Waals surface area (Å²) in [6.07, 6.45) is 0. The number of aromatic nitrogens is 2. The molecule has 1 aliphatic heterocycles. The van der Waals surface area contributed by atoms with Crippen molar-refractivity contribution in [1.82, 2.24) is 9.78 Å². The summed E-state index contributed by atoms with van der Waals surface area (Å²) in [7, 11) is 2.00. The quantitative estimate of drug-likeness (QED) is 0.669. The molecular weight excluding hydrogens is 376 g/mol. The summed E-state index contributed by atoms with van der Waals surface area (Å²) >= 11 is 6.19. The Labute approximate surface area is 167 Å². The van der Waals surface area contributed by atoms with Gasteiger partial charge in [0, 0.05) is 31.2 Å². The lowest BCUT2D eigenvalue weighted by Gasteiger charge is -2.35. The number of hydrogen-bond donors (Lipinski definition) is 0. The van der Waals surface area contributed by atoms with E-state index in [1.807, 2.05) is 44.3 Å². The van der Waals surface area contributed by atoms with Gasteiger partial charge in [0.2, 0.25) is 0 Å². The van der Waals surface area contributed by atoms with Gasteiger partial charge < -0.3 is 9.80 Å². The van der Waals surface area contributed by atoms with E-state index in [0.717, 1.165) is 23.5 Å². The molecule has 1 aromatic heterocycles. The zero-order valence-corrected chi connectivity index (χ0v) is 16.3. The van der Waals surface area contributed by atoms with Gasteiger partial charge in [-0.3, -0.25) is 9.59 Å².